The molecule has 0 spiro atoms. The monoisotopic (exact) mass is 594 g/mol. The van der Waals surface area contributed by atoms with E-state index < -0.39 is 17.9 Å². The summed E-state index contributed by atoms with van der Waals surface area (Å²) >= 11 is 3.48. The van der Waals surface area contributed by atoms with Gasteiger partial charge in [-0.1, -0.05) is 58.4 Å². The summed E-state index contributed by atoms with van der Waals surface area (Å²) in [6.07, 6.45) is 3.81. The minimum atomic E-state index is -0.634. The van der Waals surface area contributed by atoms with E-state index >= 15 is 0 Å². The average Bonchev–Trinajstić information content (AvgIpc) is 3.33. The summed E-state index contributed by atoms with van der Waals surface area (Å²) in [5.74, 6) is -0.572. The van der Waals surface area contributed by atoms with Crippen molar-refractivity contribution in [1.29, 1.82) is 0 Å². The van der Waals surface area contributed by atoms with Crippen molar-refractivity contribution in [3.05, 3.63) is 130 Å². The first-order chi connectivity index (χ1) is 16.5. The summed E-state index contributed by atoms with van der Waals surface area (Å²) in [6.45, 7) is 0.114. The highest BCUT2D eigenvalue weighted by Crippen LogP contribution is 2.37. The predicted octanol–water partition coefficient (Wildman–Crippen LogP) is 2.89. The first-order valence-electron chi connectivity index (χ1n) is 10.9. The van der Waals surface area contributed by atoms with E-state index in [0.29, 0.717) is 11.1 Å². The Morgan fingerprint density at radius 2 is 1.54 bits per heavy atom. The van der Waals surface area contributed by atoms with Gasteiger partial charge in [-0.25, -0.2) is 8.97 Å². The van der Waals surface area contributed by atoms with E-state index in [9.17, 15) is 14.0 Å². The van der Waals surface area contributed by atoms with E-state index in [1.54, 1.807) is 12.1 Å². The number of benzene rings is 3. The molecule has 2 heterocycles. The van der Waals surface area contributed by atoms with Crippen molar-refractivity contribution in [2.45, 2.75) is 12.1 Å². The Morgan fingerprint density at radius 1 is 0.857 bits per heavy atom. The van der Waals surface area contributed by atoms with E-state index in [-0.39, 0.29) is 35.1 Å². The summed E-state index contributed by atoms with van der Waals surface area (Å²) in [4.78, 5) is 27.0. The summed E-state index contributed by atoms with van der Waals surface area (Å²) < 4.78 is 18.4. The smallest absolute Gasteiger partial charge is 0.227 e. The number of aromatic nitrogens is 1. The fraction of sp³-hybridized carbons (Fsp3) is 0.107. The molecule has 0 amide bonds. The SMILES string of the molecule is O=C(C[N+]1=Cc2cccn2[C@H](C(=O)c2ccc(F)cc2)C1c1ccc(Br)cc1)c1ccccc1.[Br-]. The second kappa shape index (κ2) is 10.6. The molecule has 1 unspecified atom stereocenters. The average molecular weight is 596 g/mol. The maximum atomic E-state index is 13.8. The third-order valence-corrected chi connectivity index (χ3v) is 6.63. The van der Waals surface area contributed by atoms with Crippen LogP contribution in [0.25, 0.3) is 0 Å². The lowest BCUT2D eigenvalue weighted by Gasteiger charge is -2.30. The Kier molecular flexibility index (Phi) is 7.57. The highest BCUT2D eigenvalue weighted by Gasteiger charge is 2.43. The molecule has 1 aliphatic rings. The van der Waals surface area contributed by atoms with Gasteiger partial charge in [0, 0.05) is 27.4 Å². The molecule has 4 nitrogen and oxygen atoms in total. The zero-order valence-corrected chi connectivity index (χ0v) is 21.7. The van der Waals surface area contributed by atoms with Gasteiger partial charge in [-0.3, -0.25) is 9.59 Å². The number of halogens is 3. The van der Waals surface area contributed by atoms with Crippen molar-refractivity contribution in [3.63, 3.8) is 0 Å². The third-order valence-electron chi connectivity index (χ3n) is 6.10. The normalized spacial score (nSPS) is 16.6. The number of Topliss-reactive ketones (excluding diaryl/α,β-unsaturated/α-hetero) is 2. The van der Waals surface area contributed by atoms with Crippen LogP contribution >= 0.6 is 15.9 Å². The zero-order valence-electron chi connectivity index (χ0n) is 18.5. The first-order valence-corrected chi connectivity index (χ1v) is 11.7. The number of carbonyl (C=O) groups is 2. The van der Waals surface area contributed by atoms with Crippen molar-refractivity contribution < 1.29 is 35.5 Å². The molecule has 1 aromatic heterocycles. The van der Waals surface area contributed by atoms with Crippen LogP contribution in [0.4, 0.5) is 4.39 Å². The Hall–Kier alpha value is -3.16. The van der Waals surface area contributed by atoms with Gasteiger partial charge in [-0.15, -0.1) is 0 Å². The molecule has 5 rings (SSSR count). The fourth-order valence-corrected chi connectivity index (χ4v) is 4.73. The summed E-state index contributed by atoms with van der Waals surface area (Å²) in [5.41, 5.74) is 2.77. The lowest BCUT2D eigenvalue weighted by molar-refractivity contribution is -0.563. The van der Waals surface area contributed by atoms with Crippen LogP contribution in [0.1, 0.15) is 44.1 Å². The van der Waals surface area contributed by atoms with Gasteiger partial charge in [0.25, 0.3) is 0 Å². The Balaban J connectivity index is 0.00000289. The van der Waals surface area contributed by atoms with Gasteiger partial charge in [0.2, 0.25) is 18.4 Å². The minimum Gasteiger partial charge on any atom is -1.00 e. The first kappa shape index (κ1) is 24.9. The van der Waals surface area contributed by atoms with Crippen molar-refractivity contribution in [2.75, 3.05) is 6.54 Å². The molecule has 0 N–H and O–H groups in total. The summed E-state index contributed by atoms with van der Waals surface area (Å²) in [7, 11) is 0. The van der Waals surface area contributed by atoms with E-state index in [1.807, 2.05) is 76.2 Å². The Bertz CT molecular complexity index is 1380. The van der Waals surface area contributed by atoms with Gasteiger partial charge < -0.3 is 21.5 Å². The maximum Gasteiger partial charge on any atom is 0.227 e. The van der Waals surface area contributed by atoms with Gasteiger partial charge in [-0.2, -0.15) is 0 Å². The van der Waals surface area contributed by atoms with Gasteiger partial charge in [0.15, 0.2) is 18.0 Å². The van der Waals surface area contributed by atoms with Crippen molar-refractivity contribution >= 4 is 33.7 Å². The molecule has 0 saturated carbocycles. The van der Waals surface area contributed by atoms with E-state index in [4.69, 9.17) is 0 Å². The highest BCUT2D eigenvalue weighted by molar-refractivity contribution is 9.10. The lowest BCUT2D eigenvalue weighted by atomic mass is 9.90. The van der Waals surface area contributed by atoms with E-state index in [1.165, 1.54) is 24.3 Å². The van der Waals surface area contributed by atoms with Crippen molar-refractivity contribution in [2.24, 2.45) is 0 Å². The predicted molar refractivity (Wildman–Crippen MR) is 132 cm³/mol. The van der Waals surface area contributed by atoms with Crippen LogP contribution in [-0.4, -0.2) is 33.5 Å². The number of ketones is 2. The molecule has 176 valence electrons. The van der Waals surface area contributed by atoms with Crippen LogP contribution in [0.2, 0.25) is 0 Å². The van der Waals surface area contributed by atoms with E-state index in [0.717, 1.165) is 15.7 Å². The molecular formula is C28H21Br2FN2O2. The molecule has 4 aromatic rings. The number of fused-ring (bicyclic) bond motifs is 1. The molecule has 0 aliphatic carbocycles. The summed E-state index contributed by atoms with van der Waals surface area (Å²) in [6, 6.07) is 25.3. The Morgan fingerprint density at radius 3 is 2.23 bits per heavy atom. The quantitative estimate of drug-likeness (QED) is 0.254. The van der Waals surface area contributed by atoms with Crippen molar-refractivity contribution in [3.8, 4) is 0 Å². The lowest BCUT2D eigenvalue weighted by Crippen LogP contribution is -3.00. The zero-order chi connectivity index (χ0) is 23.7. The van der Waals surface area contributed by atoms with Crippen LogP contribution in [-0.2, 0) is 0 Å². The molecule has 1 aliphatic heterocycles. The third kappa shape index (κ3) is 5.11. The molecule has 7 heteroatoms. The van der Waals surface area contributed by atoms with E-state index in [2.05, 4.69) is 15.9 Å². The molecule has 0 bridgehead atoms. The van der Waals surface area contributed by atoms with Crippen molar-refractivity contribution in [1.82, 2.24) is 4.57 Å². The fourth-order valence-electron chi connectivity index (χ4n) is 4.47. The van der Waals surface area contributed by atoms with Crippen LogP contribution in [0, 0.1) is 5.82 Å². The second-order valence-corrected chi connectivity index (χ2v) is 9.16. The van der Waals surface area contributed by atoms with Crippen LogP contribution < -0.4 is 17.0 Å². The van der Waals surface area contributed by atoms with Gasteiger partial charge >= 0.3 is 0 Å². The number of rotatable bonds is 6. The largest absolute Gasteiger partial charge is 1.00 e. The van der Waals surface area contributed by atoms with Gasteiger partial charge in [0.1, 0.15) is 11.5 Å². The molecule has 0 saturated heterocycles. The van der Waals surface area contributed by atoms with Crippen LogP contribution in [0.15, 0.2) is 102 Å². The maximum absolute atomic E-state index is 13.8. The molecule has 3 aromatic carbocycles. The number of carbonyl (C=O) groups excluding carboxylic acids is 2. The minimum absolute atomic E-state index is 0. The number of hydrogen-bond acceptors (Lipinski definition) is 2. The Labute approximate surface area is 221 Å². The van der Waals surface area contributed by atoms with Gasteiger partial charge in [0.05, 0.1) is 0 Å². The van der Waals surface area contributed by atoms with Crippen LogP contribution in [0.5, 0.6) is 0 Å². The molecule has 35 heavy (non-hydrogen) atoms. The molecule has 0 fully saturated rings. The van der Waals surface area contributed by atoms with Crippen LogP contribution in [0.3, 0.4) is 0 Å². The standard InChI is InChI=1S/C28H21BrFN2O2.BrH/c29-22-12-8-20(9-13-22)26-27(28(34)21-10-14-23(30)15-11-21)32-16-4-7-24(32)17-31(26)18-25(33)19-5-2-1-3-6-19;/h1-17,26-27H,18H2;1H/q+1;/p-1/t26?,27-;/m0./s1. The number of hydrogen-bond donors (Lipinski definition) is 0. The molecule has 2 atom stereocenters. The van der Waals surface area contributed by atoms with Gasteiger partial charge in [-0.05, 0) is 48.5 Å². The molecular weight excluding hydrogens is 575 g/mol. The topological polar surface area (TPSA) is 42.1 Å². The molecule has 0 radical (unpaired) electrons. The highest BCUT2D eigenvalue weighted by atomic mass is 79.9. The second-order valence-electron chi connectivity index (χ2n) is 8.24. The summed E-state index contributed by atoms with van der Waals surface area (Å²) in [5, 5.41) is 0. The number of nitrogens with zero attached hydrogens (tertiary/aromatic N) is 2.